The van der Waals surface area contributed by atoms with Crippen LogP contribution in [0.2, 0.25) is 0 Å². The molecular formula is C13H17FN2O2. The molecule has 0 aliphatic carbocycles. The van der Waals surface area contributed by atoms with Crippen LogP contribution in [0.25, 0.3) is 0 Å². The summed E-state index contributed by atoms with van der Waals surface area (Å²) in [6.07, 6.45) is 0. The molecule has 1 heterocycles. The quantitative estimate of drug-likeness (QED) is 0.793. The van der Waals surface area contributed by atoms with Gasteiger partial charge >= 0.3 is 0 Å². The third-order valence-electron chi connectivity index (χ3n) is 3.04. The van der Waals surface area contributed by atoms with Crippen molar-refractivity contribution in [3.8, 4) is 5.75 Å². The fourth-order valence-electron chi connectivity index (χ4n) is 2.16. The molecule has 1 saturated heterocycles. The standard InChI is InChI=1S/C13H17FN2O2/c1-13(2)8-16(6-5-15-13)12(18)10-4-3-9(17)7-11(10)14/h3-4,7,15,17H,5-6,8H2,1-2H3. The summed E-state index contributed by atoms with van der Waals surface area (Å²) in [5, 5.41) is 12.4. The van der Waals surface area contributed by atoms with E-state index in [1.165, 1.54) is 12.1 Å². The molecule has 1 amide bonds. The highest BCUT2D eigenvalue weighted by atomic mass is 19.1. The summed E-state index contributed by atoms with van der Waals surface area (Å²) in [6, 6.07) is 3.60. The van der Waals surface area contributed by atoms with Gasteiger partial charge in [-0.1, -0.05) is 0 Å². The van der Waals surface area contributed by atoms with E-state index in [4.69, 9.17) is 5.11 Å². The molecule has 2 rings (SSSR count). The number of phenolic OH excluding ortho intramolecular Hbond substituents is 1. The van der Waals surface area contributed by atoms with Crippen LogP contribution < -0.4 is 5.32 Å². The smallest absolute Gasteiger partial charge is 0.256 e. The molecule has 0 spiro atoms. The van der Waals surface area contributed by atoms with Crippen molar-refractivity contribution in [2.45, 2.75) is 19.4 Å². The van der Waals surface area contributed by atoms with Crippen LogP contribution in [-0.2, 0) is 0 Å². The summed E-state index contributed by atoms with van der Waals surface area (Å²) >= 11 is 0. The van der Waals surface area contributed by atoms with Crippen LogP contribution in [-0.4, -0.2) is 41.1 Å². The lowest BCUT2D eigenvalue weighted by Gasteiger charge is -2.39. The van der Waals surface area contributed by atoms with Crippen molar-refractivity contribution in [2.75, 3.05) is 19.6 Å². The Morgan fingerprint density at radius 3 is 2.83 bits per heavy atom. The number of amides is 1. The number of aromatic hydroxyl groups is 1. The first-order chi connectivity index (χ1) is 8.39. The first-order valence-electron chi connectivity index (χ1n) is 5.92. The van der Waals surface area contributed by atoms with Gasteiger partial charge in [-0.3, -0.25) is 4.79 Å². The fourth-order valence-corrected chi connectivity index (χ4v) is 2.16. The van der Waals surface area contributed by atoms with Gasteiger partial charge in [0.1, 0.15) is 11.6 Å². The number of halogens is 1. The molecule has 0 aromatic heterocycles. The van der Waals surface area contributed by atoms with Crippen molar-refractivity contribution in [3.05, 3.63) is 29.6 Å². The van der Waals surface area contributed by atoms with E-state index in [1.54, 1.807) is 4.90 Å². The average Bonchev–Trinajstić information content (AvgIpc) is 2.27. The molecule has 0 bridgehead atoms. The van der Waals surface area contributed by atoms with E-state index in [0.717, 1.165) is 6.07 Å². The maximum atomic E-state index is 13.6. The third-order valence-corrected chi connectivity index (χ3v) is 3.04. The summed E-state index contributed by atoms with van der Waals surface area (Å²) in [5.74, 6) is -1.19. The third kappa shape index (κ3) is 2.61. The molecule has 1 aromatic rings. The lowest BCUT2D eigenvalue weighted by atomic mass is 10.0. The Kier molecular flexibility index (Phi) is 3.26. The van der Waals surface area contributed by atoms with Crippen molar-refractivity contribution < 1.29 is 14.3 Å². The van der Waals surface area contributed by atoms with Crippen molar-refractivity contribution >= 4 is 5.91 Å². The van der Waals surface area contributed by atoms with Crippen LogP contribution in [0.5, 0.6) is 5.75 Å². The molecule has 5 heteroatoms. The number of nitrogens with one attached hydrogen (secondary N) is 1. The molecule has 1 fully saturated rings. The average molecular weight is 252 g/mol. The van der Waals surface area contributed by atoms with Crippen LogP contribution in [0.1, 0.15) is 24.2 Å². The van der Waals surface area contributed by atoms with Crippen LogP contribution in [0.4, 0.5) is 4.39 Å². The van der Waals surface area contributed by atoms with Gasteiger partial charge in [-0.2, -0.15) is 0 Å². The molecule has 4 nitrogen and oxygen atoms in total. The highest BCUT2D eigenvalue weighted by molar-refractivity contribution is 5.94. The number of benzene rings is 1. The highest BCUT2D eigenvalue weighted by Gasteiger charge is 2.30. The minimum atomic E-state index is -0.684. The monoisotopic (exact) mass is 252 g/mol. The fraction of sp³-hybridized carbons (Fsp3) is 0.462. The van der Waals surface area contributed by atoms with Gasteiger partial charge in [0.15, 0.2) is 0 Å². The van der Waals surface area contributed by atoms with E-state index in [9.17, 15) is 9.18 Å². The lowest BCUT2D eigenvalue weighted by Crippen LogP contribution is -2.58. The van der Waals surface area contributed by atoms with Crippen LogP contribution in [0.3, 0.4) is 0 Å². The summed E-state index contributed by atoms with van der Waals surface area (Å²) in [5.41, 5.74) is -0.160. The number of hydrogen-bond acceptors (Lipinski definition) is 3. The SMILES string of the molecule is CC1(C)CN(C(=O)c2ccc(O)cc2F)CCN1. The predicted molar refractivity (Wildman–Crippen MR) is 66.1 cm³/mol. The zero-order valence-electron chi connectivity index (χ0n) is 10.5. The molecular weight excluding hydrogens is 235 g/mol. The molecule has 0 atom stereocenters. The lowest BCUT2D eigenvalue weighted by molar-refractivity contribution is 0.0647. The van der Waals surface area contributed by atoms with Gasteiger partial charge in [-0.05, 0) is 26.0 Å². The topological polar surface area (TPSA) is 52.6 Å². The highest BCUT2D eigenvalue weighted by Crippen LogP contribution is 2.19. The van der Waals surface area contributed by atoms with E-state index >= 15 is 0 Å². The van der Waals surface area contributed by atoms with Crippen LogP contribution >= 0.6 is 0 Å². The molecule has 2 N–H and O–H groups in total. The number of phenols is 1. The van der Waals surface area contributed by atoms with Gasteiger partial charge in [0.05, 0.1) is 5.56 Å². The molecule has 18 heavy (non-hydrogen) atoms. The van der Waals surface area contributed by atoms with Gasteiger partial charge in [0, 0.05) is 31.2 Å². The Hall–Kier alpha value is -1.62. The maximum Gasteiger partial charge on any atom is 0.256 e. The number of carbonyl (C=O) groups is 1. The Morgan fingerprint density at radius 1 is 1.50 bits per heavy atom. The van der Waals surface area contributed by atoms with E-state index in [-0.39, 0.29) is 22.8 Å². The van der Waals surface area contributed by atoms with E-state index in [1.807, 2.05) is 13.8 Å². The maximum absolute atomic E-state index is 13.6. The summed E-state index contributed by atoms with van der Waals surface area (Å²) < 4.78 is 13.6. The Labute approximate surface area is 105 Å². The first kappa shape index (κ1) is 12.8. The largest absolute Gasteiger partial charge is 0.508 e. The Morgan fingerprint density at radius 2 is 2.22 bits per heavy atom. The Balaban J connectivity index is 2.20. The van der Waals surface area contributed by atoms with Gasteiger partial charge in [0.2, 0.25) is 0 Å². The van der Waals surface area contributed by atoms with Gasteiger partial charge < -0.3 is 15.3 Å². The molecule has 0 radical (unpaired) electrons. The normalized spacial score (nSPS) is 18.7. The van der Waals surface area contributed by atoms with Gasteiger partial charge in [0.25, 0.3) is 5.91 Å². The summed E-state index contributed by atoms with van der Waals surface area (Å²) in [4.78, 5) is 13.8. The van der Waals surface area contributed by atoms with Gasteiger partial charge in [-0.25, -0.2) is 4.39 Å². The van der Waals surface area contributed by atoms with Gasteiger partial charge in [-0.15, -0.1) is 0 Å². The number of piperazine rings is 1. The zero-order valence-corrected chi connectivity index (χ0v) is 10.5. The summed E-state index contributed by atoms with van der Waals surface area (Å²) in [7, 11) is 0. The molecule has 98 valence electrons. The second-order valence-electron chi connectivity index (χ2n) is 5.20. The number of rotatable bonds is 1. The summed E-state index contributed by atoms with van der Waals surface area (Å²) in [6.45, 7) is 5.78. The minimum absolute atomic E-state index is 0.00509. The predicted octanol–water partition coefficient (Wildman–Crippen LogP) is 1.36. The molecule has 0 unspecified atom stereocenters. The molecule has 0 saturated carbocycles. The molecule has 1 aromatic carbocycles. The van der Waals surface area contributed by atoms with Crippen LogP contribution in [0, 0.1) is 5.82 Å². The van der Waals surface area contributed by atoms with Crippen molar-refractivity contribution in [1.29, 1.82) is 0 Å². The first-order valence-corrected chi connectivity index (χ1v) is 5.92. The number of carbonyl (C=O) groups excluding carboxylic acids is 1. The van der Waals surface area contributed by atoms with E-state index in [0.29, 0.717) is 19.6 Å². The molecule has 1 aliphatic rings. The zero-order chi connectivity index (χ0) is 13.3. The second-order valence-corrected chi connectivity index (χ2v) is 5.20. The number of nitrogens with zero attached hydrogens (tertiary/aromatic N) is 1. The minimum Gasteiger partial charge on any atom is -0.508 e. The van der Waals surface area contributed by atoms with Crippen molar-refractivity contribution in [2.24, 2.45) is 0 Å². The van der Waals surface area contributed by atoms with Crippen LogP contribution in [0.15, 0.2) is 18.2 Å². The number of hydrogen-bond donors (Lipinski definition) is 2. The van der Waals surface area contributed by atoms with E-state index in [2.05, 4.69) is 5.32 Å². The second kappa shape index (κ2) is 4.57. The van der Waals surface area contributed by atoms with Crippen molar-refractivity contribution in [3.63, 3.8) is 0 Å². The molecule has 1 aliphatic heterocycles. The van der Waals surface area contributed by atoms with E-state index < -0.39 is 5.82 Å². The van der Waals surface area contributed by atoms with Crippen molar-refractivity contribution in [1.82, 2.24) is 10.2 Å². The Bertz CT molecular complexity index is 474.